The summed E-state index contributed by atoms with van der Waals surface area (Å²) in [4.78, 5) is 12.0. The second kappa shape index (κ2) is 9.97. The number of thioether (sulfide) groups is 1. The molecule has 34 heavy (non-hydrogen) atoms. The van der Waals surface area contributed by atoms with Crippen molar-refractivity contribution in [1.29, 1.82) is 0 Å². The number of carbonyl (C=O) groups is 1. The molecular weight excluding hydrogens is 497 g/mol. The molecule has 0 amide bonds. The van der Waals surface area contributed by atoms with Crippen molar-refractivity contribution in [3.8, 4) is 22.9 Å². The fourth-order valence-corrected chi connectivity index (χ4v) is 4.46. The van der Waals surface area contributed by atoms with E-state index in [1.165, 1.54) is 7.11 Å². The first kappa shape index (κ1) is 23.9. The molecule has 10 heteroatoms. The molecule has 2 heterocycles. The maximum atomic E-state index is 12.0. The van der Waals surface area contributed by atoms with Crippen LogP contribution in [0, 0.1) is 13.8 Å². The maximum Gasteiger partial charge on any atom is 0.342 e. The van der Waals surface area contributed by atoms with E-state index < -0.39 is 5.97 Å². The van der Waals surface area contributed by atoms with Gasteiger partial charge in [-0.25, -0.2) is 4.79 Å². The van der Waals surface area contributed by atoms with E-state index in [4.69, 9.17) is 32.4 Å². The quantitative estimate of drug-likeness (QED) is 0.217. The topological polar surface area (TPSA) is 90.4 Å². The summed E-state index contributed by atoms with van der Waals surface area (Å²) in [6.07, 6.45) is 1.59. The highest BCUT2D eigenvalue weighted by molar-refractivity contribution is 8.03. The molecule has 0 fully saturated rings. The molecule has 1 N–H and O–H groups in total. The van der Waals surface area contributed by atoms with Crippen molar-refractivity contribution in [2.45, 2.75) is 19.1 Å². The Morgan fingerprint density at radius 2 is 1.79 bits per heavy atom. The number of benzene rings is 2. The highest BCUT2D eigenvalue weighted by atomic mass is 35.5. The van der Waals surface area contributed by atoms with Gasteiger partial charge in [0, 0.05) is 27.1 Å². The molecule has 4 rings (SSSR count). The summed E-state index contributed by atoms with van der Waals surface area (Å²) < 4.78 is 13.1. The molecule has 0 spiro atoms. The number of aryl methyl sites for hydroxylation is 1. The minimum absolute atomic E-state index is 0.0321. The first-order valence-corrected chi connectivity index (χ1v) is 11.6. The minimum atomic E-state index is -1.11. The van der Waals surface area contributed by atoms with Gasteiger partial charge in [0.05, 0.1) is 12.7 Å². The Balaban J connectivity index is 1.66. The zero-order valence-corrected chi connectivity index (χ0v) is 20.7. The summed E-state index contributed by atoms with van der Waals surface area (Å²) in [5, 5.41) is 19.0. The monoisotopic (exact) mass is 515 g/mol. The number of nitrogens with zero attached hydrogens (tertiary/aromatic N) is 3. The third kappa shape index (κ3) is 4.99. The first-order chi connectivity index (χ1) is 16.3. The van der Waals surface area contributed by atoms with Crippen LogP contribution in [0.5, 0.6) is 5.75 Å². The minimum Gasteiger partial charge on any atom is -0.496 e. The normalized spacial score (nSPS) is 11.6. The van der Waals surface area contributed by atoms with Gasteiger partial charge in [-0.15, -0.1) is 10.2 Å². The van der Waals surface area contributed by atoms with Gasteiger partial charge >= 0.3 is 5.97 Å². The Kier molecular flexibility index (Phi) is 7.02. The van der Waals surface area contributed by atoms with Crippen LogP contribution in [0.15, 0.2) is 63.1 Å². The lowest BCUT2D eigenvalue weighted by Gasteiger charge is -2.09. The van der Waals surface area contributed by atoms with Gasteiger partial charge in [0.2, 0.25) is 0 Å². The lowest BCUT2D eigenvalue weighted by atomic mass is 10.2. The van der Waals surface area contributed by atoms with Gasteiger partial charge in [-0.05, 0) is 85.8 Å². The predicted molar refractivity (Wildman–Crippen MR) is 133 cm³/mol. The van der Waals surface area contributed by atoms with E-state index in [2.05, 4.69) is 10.2 Å². The SMILES string of the molecule is COc1ccc(Cl)cc1-c1nnc(S/C(=C\c2cc(C)n(-c3ccc(Cl)cc3)c2C)C(=O)O)o1. The Morgan fingerprint density at radius 3 is 2.47 bits per heavy atom. The molecule has 0 aliphatic heterocycles. The van der Waals surface area contributed by atoms with Gasteiger partial charge < -0.3 is 18.8 Å². The van der Waals surface area contributed by atoms with Crippen LogP contribution < -0.4 is 4.74 Å². The summed E-state index contributed by atoms with van der Waals surface area (Å²) in [7, 11) is 1.52. The number of aromatic nitrogens is 3. The second-order valence-corrected chi connectivity index (χ2v) is 9.14. The highest BCUT2D eigenvalue weighted by Crippen LogP contribution is 2.35. The molecule has 0 atom stereocenters. The number of halogens is 2. The van der Waals surface area contributed by atoms with E-state index in [0.29, 0.717) is 21.4 Å². The van der Waals surface area contributed by atoms with Gasteiger partial charge in [0.25, 0.3) is 11.1 Å². The third-order valence-electron chi connectivity index (χ3n) is 5.05. The Morgan fingerprint density at radius 1 is 1.09 bits per heavy atom. The molecule has 0 aliphatic rings. The van der Waals surface area contributed by atoms with E-state index in [9.17, 15) is 9.90 Å². The highest BCUT2D eigenvalue weighted by Gasteiger charge is 2.19. The summed E-state index contributed by atoms with van der Waals surface area (Å²) in [5.74, 6) is -0.429. The van der Waals surface area contributed by atoms with Crippen LogP contribution in [0.25, 0.3) is 23.2 Å². The number of methoxy groups -OCH3 is 1. The smallest absolute Gasteiger partial charge is 0.342 e. The zero-order valence-electron chi connectivity index (χ0n) is 18.4. The van der Waals surface area contributed by atoms with Crippen molar-refractivity contribution < 1.29 is 19.1 Å². The zero-order chi connectivity index (χ0) is 24.4. The van der Waals surface area contributed by atoms with Gasteiger partial charge in [-0.1, -0.05) is 23.2 Å². The van der Waals surface area contributed by atoms with Crippen LogP contribution in [0.4, 0.5) is 0 Å². The molecule has 0 saturated heterocycles. The van der Waals surface area contributed by atoms with Gasteiger partial charge in [-0.2, -0.15) is 0 Å². The number of hydrogen-bond donors (Lipinski definition) is 1. The van der Waals surface area contributed by atoms with E-state index in [1.54, 1.807) is 24.3 Å². The molecule has 0 bridgehead atoms. The molecule has 2 aromatic heterocycles. The molecule has 4 aromatic rings. The van der Waals surface area contributed by atoms with Gasteiger partial charge in [0.15, 0.2) is 0 Å². The van der Waals surface area contributed by atoms with Crippen molar-refractivity contribution in [1.82, 2.24) is 14.8 Å². The lowest BCUT2D eigenvalue weighted by molar-refractivity contribution is -0.131. The van der Waals surface area contributed by atoms with E-state index >= 15 is 0 Å². The number of ether oxygens (including phenoxy) is 1. The Labute approximate surface area is 210 Å². The molecule has 0 aliphatic carbocycles. The average Bonchev–Trinajstić information content (AvgIpc) is 3.38. The third-order valence-corrected chi connectivity index (χ3v) is 6.39. The lowest BCUT2D eigenvalue weighted by Crippen LogP contribution is -1.99. The Bertz CT molecular complexity index is 1390. The summed E-state index contributed by atoms with van der Waals surface area (Å²) in [5.41, 5.74) is 4.04. The molecule has 0 radical (unpaired) electrons. The number of aliphatic carboxylic acids is 1. The van der Waals surface area contributed by atoms with Crippen molar-refractivity contribution in [2.75, 3.05) is 7.11 Å². The molecule has 174 valence electrons. The van der Waals surface area contributed by atoms with Crippen LogP contribution in [0.2, 0.25) is 10.0 Å². The van der Waals surface area contributed by atoms with Crippen molar-refractivity contribution in [2.24, 2.45) is 0 Å². The van der Waals surface area contributed by atoms with Crippen LogP contribution in [0.3, 0.4) is 0 Å². The van der Waals surface area contributed by atoms with Crippen molar-refractivity contribution in [3.05, 3.63) is 80.4 Å². The van der Waals surface area contributed by atoms with Gasteiger partial charge in [0.1, 0.15) is 10.7 Å². The van der Waals surface area contributed by atoms with E-state index in [0.717, 1.165) is 34.4 Å². The number of carboxylic acid groups (broad SMARTS) is 1. The molecule has 0 saturated carbocycles. The molecule has 2 aromatic carbocycles. The maximum absolute atomic E-state index is 12.0. The second-order valence-electron chi connectivity index (χ2n) is 7.27. The average molecular weight is 516 g/mol. The standard InChI is InChI=1S/C24H19Cl2N3O4S/c1-13-10-15(14(2)29(13)18-7-4-16(25)5-8-18)11-21(23(30)31)34-24-28-27-22(33-24)19-12-17(26)6-9-20(19)32-3/h4-12H,1-3H3,(H,30,31)/b21-11-. The van der Waals surface area contributed by atoms with Crippen LogP contribution in [-0.2, 0) is 4.79 Å². The fourth-order valence-electron chi connectivity index (χ4n) is 3.50. The van der Waals surface area contributed by atoms with E-state index in [1.807, 2.05) is 48.7 Å². The fraction of sp³-hybridized carbons (Fsp3) is 0.125. The van der Waals surface area contributed by atoms with Crippen LogP contribution >= 0.6 is 35.0 Å². The van der Waals surface area contributed by atoms with Crippen LogP contribution in [-0.4, -0.2) is 33.0 Å². The summed E-state index contributed by atoms with van der Waals surface area (Å²) in [6.45, 7) is 3.88. The number of hydrogen-bond acceptors (Lipinski definition) is 6. The van der Waals surface area contributed by atoms with E-state index in [-0.39, 0.29) is 16.0 Å². The largest absolute Gasteiger partial charge is 0.496 e. The van der Waals surface area contributed by atoms with Crippen molar-refractivity contribution >= 4 is 47.0 Å². The summed E-state index contributed by atoms with van der Waals surface area (Å²) >= 11 is 13.0. The molecule has 0 unspecified atom stereocenters. The molecular formula is C24H19Cl2N3O4S. The number of carboxylic acids is 1. The summed E-state index contributed by atoms with van der Waals surface area (Å²) in [6, 6.07) is 14.4. The number of rotatable bonds is 7. The first-order valence-electron chi connectivity index (χ1n) is 10.0. The Hall–Kier alpha value is -3.20. The van der Waals surface area contributed by atoms with Crippen LogP contribution in [0.1, 0.15) is 17.0 Å². The van der Waals surface area contributed by atoms with Gasteiger partial charge in [-0.3, -0.25) is 0 Å². The van der Waals surface area contributed by atoms with Crippen molar-refractivity contribution in [3.63, 3.8) is 0 Å². The predicted octanol–water partition coefficient (Wildman–Crippen LogP) is 6.68. The molecule has 7 nitrogen and oxygen atoms in total.